The fraction of sp³-hybridized carbons (Fsp3) is 0.188. The lowest BCUT2D eigenvalue weighted by atomic mass is 9.68. The second-order valence-electron chi connectivity index (χ2n) is 9.04. The molecule has 4 aromatic carbocycles. The number of ether oxygens (including phenoxy) is 3. The molecule has 3 heteroatoms. The Bertz CT molecular complexity index is 1280. The third kappa shape index (κ3) is 4.13. The Morgan fingerprint density at radius 2 is 1.17 bits per heavy atom. The lowest BCUT2D eigenvalue weighted by molar-refractivity contribution is 0.146. The molecule has 4 aromatic rings. The van der Waals surface area contributed by atoms with E-state index in [0.717, 1.165) is 17.1 Å². The van der Waals surface area contributed by atoms with Gasteiger partial charge in [-0.2, -0.15) is 0 Å². The largest absolute Gasteiger partial charge is 0.491 e. The van der Waals surface area contributed by atoms with Crippen LogP contribution in [0.4, 0.5) is 0 Å². The van der Waals surface area contributed by atoms with Gasteiger partial charge in [-0.1, -0.05) is 72.8 Å². The molecular weight excluding hydrogens is 432 g/mol. The van der Waals surface area contributed by atoms with Gasteiger partial charge in [0.15, 0.2) is 0 Å². The van der Waals surface area contributed by atoms with Gasteiger partial charge < -0.3 is 14.2 Å². The van der Waals surface area contributed by atoms with Crippen LogP contribution in [0.3, 0.4) is 0 Å². The normalized spacial score (nSPS) is 13.0. The first-order valence-electron chi connectivity index (χ1n) is 12.0. The number of rotatable bonds is 8. The van der Waals surface area contributed by atoms with Crippen molar-refractivity contribution in [2.45, 2.75) is 19.3 Å². The van der Waals surface area contributed by atoms with E-state index in [1.807, 2.05) is 13.8 Å². The highest BCUT2D eigenvalue weighted by atomic mass is 16.5. The molecule has 5 rings (SSSR count). The maximum atomic E-state index is 5.86. The van der Waals surface area contributed by atoms with Crippen LogP contribution in [0.5, 0.6) is 11.5 Å². The zero-order valence-electron chi connectivity index (χ0n) is 20.5. The Labute approximate surface area is 207 Å². The fourth-order valence-corrected chi connectivity index (χ4v) is 5.04. The molecule has 0 unspecified atom stereocenters. The molecule has 0 amide bonds. The monoisotopic (exact) mass is 462 g/mol. The van der Waals surface area contributed by atoms with Gasteiger partial charge in [0.2, 0.25) is 0 Å². The highest BCUT2D eigenvalue weighted by Crippen LogP contribution is 2.56. The summed E-state index contributed by atoms with van der Waals surface area (Å²) < 4.78 is 16.8. The summed E-state index contributed by atoms with van der Waals surface area (Å²) >= 11 is 0. The van der Waals surface area contributed by atoms with Crippen molar-refractivity contribution in [3.05, 3.63) is 131 Å². The van der Waals surface area contributed by atoms with Crippen LogP contribution in [-0.4, -0.2) is 20.3 Å². The molecule has 0 bridgehead atoms. The number of benzene rings is 4. The van der Waals surface area contributed by atoms with E-state index in [0.29, 0.717) is 13.2 Å². The van der Waals surface area contributed by atoms with Crippen LogP contribution in [0.1, 0.15) is 36.1 Å². The molecule has 0 saturated heterocycles. The van der Waals surface area contributed by atoms with Crippen molar-refractivity contribution in [2.75, 3.05) is 20.3 Å². The van der Waals surface area contributed by atoms with Crippen molar-refractivity contribution in [1.29, 1.82) is 0 Å². The molecule has 0 spiro atoms. The Morgan fingerprint density at radius 1 is 0.657 bits per heavy atom. The Kier molecular flexibility index (Phi) is 6.43. The minimum absolute atomic E-state index is 0.437. The van der Waals surface area contributed by atoms with Gasteiger partial charge in [0.05, 0.1) is 18.3 Å². The average Bonchev–Trinajstić information content (AvgIpc) is 3.20. The third-order valence-corrected chi connectivity index (χ3v) is 6.51. The van der Waals surface area contributed by atoms with Gasteiger partial charge in [-0.05, 0) is 77.1 Å². The van der Waals surface area contributed by atoms with Crippen molar-refractivity contribution in [3.8, 4) is 22.6 Å². The summed E-state index contributed by atoms with van der Waals surface area (Å²) in [6, 6.07) is 34.5. The van der Waals surface area contributed by atoms with Crippen molar-refractivity contribution in [3.63, 3.8) is 0 Å². The predicted octanol–water partition coefficient (Wildman–Crippen LogP) is 7.38. The van der Waals surface area contributed by atoms with Gasteiger partial charge in [-0.3, -0.25) is 0 Å². The van der Waals surface area contributed by atoms with Crippen LogP contribution in [0.2, 0.25) is 0 Å². The Balaban J connectivity index is 1.68. The molecule has 0 N–H and O–H groups in total. The van der Waals surface area contributed by atoms with Crippen molar-refractivity contribution in [2.24, 2.45) is 0 Å². The van der Waals surface area contributed by atoms with Gasteiger partial charge in [0, 0.05) is 7.11 Å². The molecule has 0 fully saturated rings. The molecule has 3 nitrogen and oxygen atoms in total. The Morgan fingerprint density at radius 3 is 1.69 bits per heavy atom. The number of hydrogen-bond acceptors (Lipinski definition) is 3. The summed E-state index contributed by atoms with van der Waals surface area (Å²) in [6.45, 7) is 5.14. The first kappa shape index (κ1) is 22.9. The number of fused-ring (bicyclic) bond motifs is 3. The van der Waals surface area contributed by atoms with E-state index in [2.05, 4.69) is 97.1 Å². The van der Waals surface area contributed by atoms with E-state index >= 15 is 0 Å². The van der Waals surface area contributed by atoms with E-state index < -0.39 is 5.41 Å². The highest BCUT2D eigenvalue weighted by molar-refractivity contribution is 5.86. The fourth-order valence-electron chi connectivity index (χ4n) is 5.04. The maximum absolute atomic E-state index is 5.86. The molecule has 1 aliphatic carbocycles. The molecule has 0 radical (unpaired) electrons. The number of allylic oxidation sites excluding steroid dienone is 1. The van der Waals surface area contributed by atoms with Crippen LogP contribution in [0.25, 0.3) is 11.1 Å². The van der Waals surface area contributed by atoms with Crippen LogP contribution in [0.15, 0.2) is 109 Å². The second-order valence-corrected chi connectivity index (χ2v) is 9.04. The predicted molar refractivity (Wildman–Crippen MR) is 141 cm³/mol. The van der Waals surface area contributed by atoms with Crippen molar-refractivity contribution < 1.29 is 14.2 Å². The van der Waals surface area contributed by atoms with Crippen LogP contribution in [0, 0.1) is 0 Å². The first-order valence-corrected chi connectivity index (χ1v) is 12.0. The molecule has 0 atom stereocenters. The topological polar surface area (TPSA) is 27.7 Å². The van der Waals surface area contributed by atoms with Crippen molar-refractivity contribution >= 4 is 0 Å². The minimum atomic E-state index is -0.437. The van der Waals surface area contributed by atoms with Gasteiger partial charge in [0.25, 0.3) is 0 Å². The quantitative estimate of drug-likeness (QED) is 0.178. The standard InChI is InChI=1S/C32H30O3/c1-23(2)22-35-27-18-14-25(15-19-27)32(24-12-16-26(17-13-24)34-21-20-33-3)30-10-6-4-8-28(30)29-9-5-7-11-31(29)32/h4-19,22H,20-21H2,1-3H3. The summed E-state index contributed by atoms with van der Waals surface area (Å²) in [5, 5.41) is 0. The summed E-state index contributed by atoms with van der Waals surface area (Å²) in [4.78, 5) is 0. The van der Waals surface area contributed by atoms with E-state index in [1.165, 1.54) is 33.4 Å². The summed E-state index contributed by atoms with van der Waals surface area (Å²) in [7, 11) is 1.68. The van der Waals surface area contributed by atoms with Crippen LogP contribution in [-0.2, 0) is 10.2 Å². The molecular formula is C32H30O3. The average molecular weight is 463 g/mol. The van der Waals surface area contributed by atoms with E-state index in [-0.39, 0.29) is 0 Å². The third-order valence-electron chi connectivity index (χ3n) is 6.51. The summed E-state index contributed by atoms with van der Waals surface area (Å²) in [5.41, 5.74) is 8.20. The van der Waals surface area contributed by atoms with Crippen LogP contribution < -0.4 is 9.47 Å². The van der Waals surface area contributed by atoms with E-state index in [4.69, 9.17) is 14.2 Å². The number of methoxy groups -OCH3 is 1. The van der Waals surface area contributed by atoms with Gasteiger partial charge in [-0.25, -0.2) is 0 Å². The minimum Gasteiger partial charge on any atom is -0.491 e. The molecule has 0 heterocycles. The lowest BCUT2D eigenvalue weighted by Gasteiger charge is -2.34. The van der Waals surface area contributed by atoms with Gasteiger partial charge in [0.1, 0.15) is 18.1 Å². The molecule has 35 heavy (non-hydrogen) atoms. The van der Waals surface area contributed by atoms with Gasteiger partial charge in [-0.15, -0.1) is 0 Å². The summed E-state index contributed by atoms with van der Waals surface area (Å²) in [6.07, 6.45) is 1.78. The second kappa shape index (κ2) is 9.81. The molecule has 0 saturated carbocycles. The van der Waals surface area contributed by atoms with Gasteiger partial charge >= 0.3 is 0 Å². The molecule has 0 aromatic heterocycles. The smallest absolute Gasteiger partial charge is 0.126 e. The molecule has 0 aliphatic heterocycles. The Hall–Kier alpha value is -3.82. The zero-order chi connectivity index (χ0) is 24.3. The van der Waals surface area contributed by atoms with E-state index in [9.17, 15) is 0 Å². The lowest BCUT2D eigenvalue weighted by Crippen LogP contribution is -2.28. The highest BCUT2D eigenvalue weighted by Gasteiger charge is 2.45. The number of hydrogen-bond donors (Lipinski definition) is 0. The molecule has 1 aliphatic rings. The first-order chi connectivity index (χ1) is 17.1. The molecule has 176 valence electrons. The SMILES string of the molecule is COCCOc1ccc(C2(c3ccc(OC=C(C)C)cc3)c3ccccc3-c3ccccc32)cc1. The van der Waals surface area contributed by atoms with E-state index in [1.54, 1.807) is 13.4 Å². The van der Waals surface area contributed by atoms with Crippen LogP contribution >= 0.6 is 0 Å². The summed E-state index contributed by atoms with van der Waals surface area (Å²) in [5.74, 6) is 1.66. The maximum Gasteiger partial charge on any atom is 0.126 e. The van der Waals surface area contributed by atoms with Crippen molar-refractivity contribution in [1.82, 2.24) is 0 Å². The zero-order valence-corrected chi connectivity index (χ0v) is 20.5.